The molecular weight excluding hydrogens is 286 g/mol. The molecule has 2 aromatic rings. The van der Waals surface area contributed by atoms with Gasteiger partial charge < -0.3 is 15.5 Å². The van der Waals surface area contributed by atoms with Crippen LogP contribution in [-0.2, 0) is 7.05 Å². The summed E-state index contributed by atoms with van der Waals surface area (Å²) in [6.07, 6.45) is 1.84. The van der Waals surface area contributed by atoms with E-state index in [2.05, 4.69) is 19.9 Å². The molecule has 1 saturated heterocycles. The van der Waals surface area contributed by atoms with Crippen LogP contribution in [0.2, 0.25) is 0 Å². The molecule has 1 aliphatic heterocycles. The van der Waals surface area contributed by atoms with Crippen LogP contribution in [0.15, 0.2) is 11.6 Å². The quantitative estimate of drug-likeness (QED) is 0.647. The highest BCUT2D eigenvalue weighted by Gasteiger charge is 2.25. The minimum atomic E-state index is 0.0814. The second-order valence-corrected chi connectivity index (χ2v) is 5.98. The molecule has 1 aliphatic rings. The van der Waals surface area contributed by atoms with Crippen LogP contribution in [0.5, 0.6) is 0 Å². The number of rotatable bonds is 3. The van der Waals surface area contributed by atoms with Gasteiger partial charge >= 0.3 is 0 Å². The van der Waals surface area contributed by atoms with Crippen molar-refractivity contribution < 1.29 is 0 Å². The number of aryl methyl sites for hydroxylation is 2. The smallest absolute Gasteiger partial charge is 0.185 e. The standard InChI is InChI=1S/C13H19N7S/c1-9-10(11(14)15)12(18(2)17-9)19-4-6-20(7-5-19)13-16-3-8-21-13/h3,8H,4-7H2,1-2H3,(H3,14,15). The maximum absolute atomic E-state index is 7.78. The number of hydrogen-bond donors (Lipinski definition) is 2. The fourth-order valence-electron chi connectivity index (χ4n) is 2.81. The van der Waals surface area contributed by atoms with Gasteiger partial charge in [0.15, 0.2) is 5.13 Å². The molecule has 2 aromatic heterocycles. The molecule has 112 valence electrons. The fourth-order valence-corrected chi connectivity index (χ4v) is 3.50. The maximum atomic E-state index is 7.78. The van der Waals surface area contributed by atoms with Crippen LogP contribution >= 0.6 is 11.3 Å². The number of anilines is 2. The van der Waals surface area contributed by atoms with Crippen LogP contribution in [0.1, 0.15) is 11.3 Å². The van der Waals surface area contributed by atoms with Crippen molar-refractivity contribution in [1.29, 1.82) is 5.41 Å². The van der Waals surface area contributed by atoms with Crippen molar-refractivity contribution in [3.63, 3.8) is 0 Å². The van der Waals surface area contributed by atoms with Gasteiger partial charge in [0.25, 0.3) is 0 Å². The van der Waals surface area contributed by atoms with Gasteiger partial charge in [0.1, 0.15) is 11.7 Å². The van der Waals surface area contributed by atoms with E-state index in [1.165, 1.54) is 0 Å². The SMILES string of the molecule is Cc1nn(C)c(N2CCN(c3nccs3)CC2)c1C(=N)N. The Labute approximate surface area is 127 Å². The third-order valence-electron chi connectivity index (χ3n) is 3.73. The number of amidine groups is 1. The summed E-state index contributed by atoms with van der Waals surface area (Å²) in [4.78, 5) is 8.90. The fraction of sp³-hybridized carbons (Fsp3) is 0.462. The van der Waals surface area contributed by atoms with Gasteiger partial charge in [0.2, 0.25) is 0 Å². The van der Waals surface area contributed by atoms with Crippen LogP contribution in [0.4, 0.5) is 10.9 Å². The largest absolute Gasteiger partial charge is 0.384 e. The molecule has 0 aliphatic carbocycles. The molecule has 0 saturated carbocycles. The molecule has 3 rings (SSSR count). The molecule has 0 aromatic carbocycles. The van der Waals surface area contributed by atoms with Crippen molar-refractivity contribution in [2.45, 2.75) is 6.92 Å². The van der Waals surface area contributed by atoms with Gasteiger partial charge in [0, 0.05) is 44.8 Å². The molecule has 0 unspecified atom stereocenters. The zero-order chi connectivity index (χ0) is 15.0. The van der Waals surface area contributed by atoms with Gasteiger partial charge in [-0.15, -0.1) is 11.3 Å². The molecule has 0 atom stereocenters. The predicted molar refractivity (Wildman–Crippen MR) is 85.5 cm³/mol. The highest BCUT2D eigenvalue weighted by Crippen LogP contribution is 2.26. The number of aromatic nitrogens is 3. The van der Waals surface area contributed by atoms with Gasteiger partial charge in [0.05, 0.1) is 11.3 Å². The third-order valence-corrected chi connectivity index (χ3v) is 4.56. The van der Waals surface area contributed by atoms with E-state index < -0.39 is 0 Å². The van der Waals surface area contributed by atoms with Gasteiger partial charge in [-0.05, 0) is 6.92 Å². The Bertz CT molecular complexity index is 638. The highest BCUT2D eigenvalue weighted by molar-refractivity contribution is 7.13. The second-order valence-electron chi connectivity index (χ2n) is 5.11. The minimum absolute atomic E-state index is 0.0814. The molecule has 7 nitrogen and oxygen atoms in total. The average molecular weight is 305 g/mol. The van der Waals surface area contributed by atoms with Crippen LogP contribution in [0, 0.1) is 12.3 Å². The molecule has 8 heteroatoms. The Hall–Kier alpha value is -2.09. The van der Waals surface area contributed by atoms with E-state index in [4.69, 9.17) is 11.1 Å². The van der Waals surface area contributed by atoms with Crippen molar-refractivity contribution in [2.75, 3.05) is 36.0 Å². The number of piperazine rings is 1. The third kappa shape index (κ3) is 2.46. The average Bonchev–Trinajstić information content (AvgIpc) is 3.06. The van der Waals surface area contributed by atoms with E-state index in [9.17, 15) is 0 Å². The highest BCUT2D eigenvalue weighted by atomic mass is 32.1. The van der Waals surface area contributed by atoms with Gasteiger partial charge in [-0.1, -0.05) is 0 Å². The van der Waals surface area contributed by atoms with Crippen LogP contribution < -0.4 is 15.5 Å². The summed E-state index contributed by atoms with van der Waals surface area (Å²) in [5.41, 5.74) is 7.28. The number of thiazole rings is 1. The molecule has 0 radical (unpaired) electrons. The summed E-state index contributed by atoms with van der Waals surface area (Å²) in [6, 6.07) is 0. The van der Waals surface area contributed by atoms with Crippen molar-refractivity contribution in [2.24, 2.45) is 12.8 Å². The molecule has 0 amide bonds. The Morgan fingerprint density at radius 3 is 2.52 bits per heavy atom. The topological polar surface area (TPSA) is 87.1 Å². The maximum Gasteiger partial charge on any atom is 0.185 e. The molecule has 3 N–H and O–H groups in total. The molecule has 21 heavy (non-hydrogen) atoms. The van der Waals surface area contributed by atoms with Gasteiger partial charge in [-0.3, -0.25) is 10.1 Å². The first-order valence-electron chi connectivity index (χ1n) is 6.85. The van der Waals surface area contributed by atoms with Crippen molar-refractivity contribution in [3.05, 3.63) is 22.8 Å². The van der Waals surface area contributed by atoms with Gasteiger partial charge in [-0.25, -0.2) is 4.98 Å². The van der Waals surface area contributed by atoms with E-state index in [1.54, 1.807) is 11.3 Å². The van der Waals surface area contributed by atoms with Crippen LogP contribution in [0.25, 0.3) is 0 Å². The summed E-state index contributed by atoms with van der Waals surface area (Å²) >= 11 is 1.67. The molecule has 0 spiro atoms. The first kappa shape index (κ1) is 13.9. The summed E-state index contributed by atoms with van der Waals surface area (Å²) < 4.78 is 1.82. The van der Waals surface area contributed by atoms with Crippen LogP contribution in [-0.4, -0.2) is 46.8 Å². The lowest BCUT2D eigenvalue weighted by Gasteiger charge is -2.36. The first-order valence-corrected chi connectivity index (χ1v) is 7.73. The number of nitrogen functional groups attached to an aromatic ring is 1. The van der Waals surface area contributed by atoms with Crippen molar-refractivity contribution >= 4 is 28.1 Å². The normalized spacial score (nSPS) is 15.5. The van der Waals surface area contributed by atoms with Gasteiger partial charge in [-0.2, -0.15) is 5.10 Å². The van der Waals surface area contributed by atoms with Crippen LogP contribution in [0.3, 0.4) is 0 Å². The lowest BCUT2D eigenvalue weighted by atomic mass is 10.2. The van der Waals surface area contributed by atoms with Crippen molar-refractivity contribution in [3.8, 4) is 0 Å². The molecule has 0 bridgehead atoms. The molecule has 1 fully saturated rings. The van der Waals surface area contributed by atoms with E-state index >= 15 is 0 Å². The Morgan fingerprint density at radius 1 is 1.29 bits per heavy atom. The Kier molecular flexibility index (Phi) is 3.54. The molecular formula is C13H19N7S. The summed E-state index contributed by atoms with van der Waals surface area (Å²) in [7, 11) is 1.90. The second kappa shape index (κ2) is 5.36. The molecule has 3 heterocycles. The summed E-state index contributed by atoms with van der Waals surface area (Å²) in [5, 5.41) is 15.3. The summed E-state index contributed by atoms with van der Waals surface area (Å²) in [5.74, 6) is 1.02. The first-order chi connectivity index (χ1) is 10.1. The Morgan fingerprint density at radius 2 is 1.95 bits per heavy atom. The van der Waals surface area contributed by atoms with Crippen molar-refractivity contribution in [1.82, 2.24) is 14.8 Å². The lowest BCUT2D eigenvalue weighted by molar-refractivity contribution is 0.623. The van der Waals surface area contributed by atoms with E-state index in [0.717, 1.165) is 48.4 Å². The zero-order valence-electron chi connectivity index (χ0n) is 12.2. The summed E-state index contributed by atoms with van der Waals surface area (Å²) in [6.45, 7) is 5.47. The Balaban J connectivity index is 1.80. The minimum Gasteiger partial charge on any atom is -0.384 e. The van der Waals surface area contributed by atoms with E-state index in [-0.39, 0.29) is 5.84 Å². The number of nitrogens with two attached hydrogens (primary N) is 1. The van der Waals surface area contributed by atoms with E-state index in [0.29, 0.717) is 0 Å². The van der Waals surface area contributed by atoms with E-state index in [1.807, 2.05) is 30.2 Å². The zero-order valence-corrected chi connectivity index (χ0v) is 13.0. The monoisotopic (exact) mass is 305 g/mol. The lowest BCUT2D eigenvalue weighted by Crippen LogP contribution is -2.47. The predicted octanol–water partition coefficient (Wildman–Crippen LogP) is 0.796. The number of nitrogens with one attached hydrogen (secondary N) is 1. The number of hydrogen-bond acceptors (Lipinski definition) is 6. The number of nitrogens with zero attached hydrogens (tertiary/aromatic N) is 5.